The van der Waals surface area contributed by atoms with E-state index < -0.39 is 5.54 Å². The molecule has 1 aliphatic heterocycles. The third-order valence-electron chi connectivity index (χ3n) is 5.02. The summed E-state index contributed by atoms with van der Waals surface area (Å²) in [7, 11) is 1.63. The van der Waals surface area contributed by atoms with Crippen molar-refractivity contribution in [3.63, 3.8) is 0 Å². The minimum atomic E-state index is -0.629. The van der Waals surface area contributed by atoms with Crippen molar-refractivity contribution in [2.45, 2.75) is 12.0 Å². The number of halogens is 1. The molecule has 0 saturated carbocycles. The Kier molecular flexibility index (Phi) is 6.82. The van der Waals surface area contributed by atoms with E-state index in [0.29, 0.717) is 10.9 Å². The van der Waals surface area contributed by atoms with Crippen LogP contribution in [-0.2, 0) is 12.0 Å². The number of amidine groups is 1. The molecule has 2 aromatic carbocycles. The molecule has 0 saturated heterocycles. The van der Waals surface area contributed by atoms with Gasteiger partial charge in [0.15, 0.2) is 11.0 Å². The molecule has 1 unspecified atom stereocenters. The van der Waals surface area contributed by atoms with Crippen molar-refractivity contribution in [1.82, 2.24) is 9.97 Å². The molecule has 4 rings (SSSR count). The highest BCUT2D eigenvalue weighted by molar-refractivity contribution is 8.14. The number of carbonyl (C=O) groups excluding carboxylic acids is 1. The number of hydrogen-bond donors (Lipinski definition) is 2. The zero-order chi connectivity index (χ0) is 21.1. The average Bonchev–Trinajstić information content (AvgIpc) is 3.17. The van der Waals surface area contributed by atoms with E-state index in [-0.39, 0.29) is 35.9 Å². The Labute approximate surface area is 189 Å². The lowest BCUT2D eigenvalue weighted by molar-refractivity contribution is 0.0987. The molecular weight excluding hydrogens is 436 g/mol. The fourth-order valence-electron chi connectivity index (χ4n) is 3.47. The predicted octanol–water partition coefficient (Wildman–Crippen LogP) is 2.93. The number of methoxy groups -OCH3 is 1. The van der Waals surface area contributed by atoms with Crippen LogP contribution in [0.5, 0.6) is 5.75 Å². The molecule has 0 aliphatic carbocycles. The first-order chi connectivity index (χ1) is 14.5. The second-order valence-corrected chi connectivity index (χ2v) is 7.92. The molecule has 3 aromatic rings. The number of nitrogens with zero attached hydrogens (tertiary/aromatic N) is 2. The highest BCUT2D eigenvalue weighted by atomic mass is 35.5. The first-order valence-corrected chi connectivity index (χ1v) is 10.3. The van der Waals surface area contributed by atoms with Gasteiger partial charge in [-0.1, -0.05) is 48.2 Å². The molecule has 31 heavy (non-hydrogen) atoms. The van der Waals surface area contributed by atoms with Crippen LogP contribution in [0.2, 0.25) is 0 Å². The zero-order valence-electron chi connectivity index (χ0n) is 16.7. The Bertz CT molecular complexity index is 1160. The number of ether oxygens (including phenoxy) is 1. The number of nitrogens with two attached hydrogens (primary N) is 1. The first-order valence-electron chi connectivity index (χ1n) is 9.30. The second kappa shape index (κ2) is 9.36. The number of aliphatic imine (C=N–C) groups is 1. The van der Waals surface area contributed by atoms with Gasteiger partial charge in [0, 0.05) is 18.4 Å². The van der Waals surface area contributed by atoms with E-state index in [4.69, 9.17) is 15.5 Å². The fraction of sp³-hybridized carbons (Fsp3) is 0.182. The SMILES string of the molecule is COc1ccc(C2(c3cccc(CC(=O)c4c[nH]c(=O)cn4)c3)CSC(N)=N2)cc1.Cl. The van der Waals surface area contributed by atoms with Gasteiger partial charge in [-0.15, -0.1) is 12.4 Å². The maximum Gasteiger partial charge on any atom is 0.266 e. The minimum Gasteiger partial charge on any atom is -0.497 e. The molecule has 0 amide bonds. The summed E-state index contributed by atoms with van der Waals surface area (Å²) < 4.78 is 5.27. The molecule has 0 fully saturated rings. The highest BCUT2D eigenvalue weighted by Gasteiger charge is 2.39. The molecule has 0 radical (unpaired) electrons. The maximum absolute atomic E-state index is 12.6. The number of ketones is 1. The van der Waals surface area contributed by atoms with Crippen molar-refractivity contribution >= 4 is 35.1 Å². The predicted molar refractivity (Wildman–Crippen MR) is 124 cm³/mol. The van der Waals surface area contributed by atoms with Gasteiger partial charge >= 0.3 is 0 Å². The summed E-state index contributed by atoms with van der Waals surface area (Å²) in [5, 5.41) is 0.532. The van der Waals surface area contributed by atoms with Crippen molar-refractivity contribution in [2.24, 2.45) is 10.7 Å². The lowest BCUT2D eigenvalue weighted by atomic mass is 9.84. The summed E-state index contributed by atoms with van der Waals surface area (Å²) in [6, 6.07) is 15.6. The Morgan fingerprint density at radius 1 is 1.23 bits per heavy atom. The summed E-state index contributed by atoms with van der Waals surface area (Å²) >= 11 is 1.51. The summed E-state index contributed by atoms with van der Waals surface area (Å²) in [6.07, 6.45) is 2.61. The number of aromatic nitrogens is 2. The lowest BCUT2D eigenvalue weighted by Gasteiger charge is -2.27. The van der Waals surface area contributed by atoms with Crippen molar-refractivity contribution in [3.05, 3.63) is 93.7 Å². The van der Waals surface area contributed by atoms with Gasteiger partial charge in [0.1, 0.15) is 17.0 Å². The fourth-order valence-corrected chi connectivity index (χ4v) is 4.44. The third kappa shape index (κ3) is 4.65. The molecule has 3 N–H and O–H groups in total. The van der Waals surface area contributed by atoms with Gasteiger partial charge in [-0.2, -0.15) is 0 Å². The number of nitrogens with one attached hydrogen (secondary N) is 1. The number of carbonyl (C=O) groups is 1. The van der Waals surface area contributed by atoms with E-state index >= 15 is 0 Å². The van der Waals surface area contributed by atoms with Gasteiger partial charge in [-0.25, -0.2) is 9.98 Å². The number of rotatable bonds is 6. The van der Waals surface area contributed by atoms with E-state index in [9.17, 15) is 9.59 Å². The van der Waals surface area contributed by atoms with Crippen molar-refractivity contribution < 1.29 is 9.53 Å². The van der Waals surface area contributed by atoms with E-state index in [0.717, 1.165) is 28.6 Å². The average molecular weight is 457 g/mol. The lowest BCUT2D eigenvalue weighted by Crippen LogP contribution is -2.26. The Morgan fingerprint density at radius 2 is 2.00 bits per heavy atom. The number of benzene rings is 2. The Hall–Kier alpha value is -3.10. The number of hydrogen-bond acceptors (Lipinski definition) is 7. The normalized spacial score (nSPS) is 17.5. The summed E-state index contributed by atoms with van der Waals surface area (Å²) in [4.78, 5) is 34.9. The van der Waals surface area contributed by atoms with Gasteiger partial charge in [-0.3, -0.25) is 9.59 Å². The molecule has 7 nitrogen and oxygen atoms in total. The molecule has 9 heteroatoms. The summed E-state index contributed by atoms with van der Waals surface area (Å²) in [5.74, 6) is 1.26. The van der Waals surface area contributed by atoms with Crippen LogP contribution in [0, 0.1) is 0 Å². The number of H-pyrrole nitrogens is 1. The van der Waals surface area contributed by atoms with Crippen LogP contribution in [0.4, 0.5) is 0 Å². The van der Waals surface area contributed by atoms with Gasteiger partial charge in [-0.05, 0) is 28.8 Å². The molecule has 0 spiro atoms. The van der Waals surface area contributed by atoms with Crippen LogP contribution in [0.1, 0.15) is 27.2 Å². The molecular formula is C22H21ClN4O3S. The second-order valence-electron chi connectivity index (χ2n) is 6.92. The Morgan fingerprint density at radius 3 is 2.61 bits per heavy atom. The summed E-state index contributed by atoms with van der Waals surface area (Å²) in [5.41, 5.74) is 8.10. The quantitative estimate of drug-likeness (QED) is 0.552. The molecule has 160 valence electrons. The molecule has 1 aliphatic rings. The van der Waals surface area contributed by atoms with Gasteiger partial charge in [0.25, 0.3) is 5.56 Å². The van der Waals surface area contributed by atoms with Crippen LogP contribution in [0.15, 0.2) is 70.7 Å². The van der Waals surface area contributed by atoms with Gasteiger partial charge < -0.3 is 15.5 Å². The van der Waals surface area contributed by atoms with Crippen LogP contribution >= 0.6 is 24.2 Å². The third-order valence-corrected chi connectivity index (χ3v) is 5.97. The van der Waals surface area contributed by atoms with E-state index in [1.165, 1.54) is 18.0 Å². The minimum absolute atomic E-state index is 0. The maximum atomic E-state index is 12.6. The zero-order valence-corrected chi connectivity index (χ0v) is 18.3. The highest BCUT2D eigenvalue weighted by Crippen LogP contribution is 2.42. The smallest absolute Gasteiger partial charge is 0.266 e. The van der Waals surface area contributed by atoms with Gasteiger partial charge in [0.05, 0.1) is 13.3 Å². The van der Waals surface area contributed by atoms with Crippen LogP contribution < -0.4 is 16.0 Å². The Balaban J connectivity index is 0.00000272. The first kappa shape index (κ1) is 22.6. The van der Waals surface area contributed by atoms with Crippen molar-refractivity contribution in [2.75, 3.05) is 12.9 Å². The summed E-state index contributed by atoms with van der Waals surface area (Å²) in [6.45, 7) is 0. The van der Waals surface area contributed by atoms with Crippen LogP contribution in [-0.4, -0.2) is 33.8 Å². The standard InChI is InChI=1S/C22H20N4O3S.ClH/c1-29-17-7-5-15(6-8-17)22(13-30-21(23)26-22)16-4-2-3-14(9-16)10-19(27)18-11-25-20(28)12-24-18;/h2-9,11-12H,10,13H2,1H3,(H2,23,26)(H,25,28);1H. The number of thioether (sulfide) groups is 1. The van der Waals surface area contributed by atoms with Crippen LogP contribution in [0.25, 0.3) is 0 Å². The van der Waals surface area contributed by atoms with E-state index in [1.54, 1.807) is 7.11 Å². The molecule has 0 bridgehead atoms. The van der Waals surface area contributed by atoms with Crippen molar-refractivity contribution in [1.29, 1.82) is 0 Å². The molecule has 2 heterocycles. The molecule has 1 aromatic heterocycles. The van der Waals surface area contributed by atoms with E-state index in [1.807, 2.05) is 48.5 Å². The van der Waals surface area contributed by atoms with E-state index in [2.05, 4.69) is 9.97 Å². The molecule has 1 atom stereocenters. The number of Topliss-reactive ketones (excluding diaryl/α,β-unsaturated/α-hetero) is 1. The monoisotopic (exact) mass is 456 g/mol. The topological polar surface area (TPSA) is 110 Å². The van der Waals surface area contributed by atoms with Crippen LogP contribution in [0.3, 0.4) is 0 Å². The number of aromatic amines is 1. The largest absolute Gasteiger partial charge is 0.497 e. The van der Waals surface area contributed by atoms with Gasteiger partial charge in [0.2, 0.25) is 0 Å². The van der Waals surface area contributed by atoms with Crippen molar-refractivity contribution in [3.8, 4) is 5.75 Å².